The maximum atomic E-state index is 12.8. The minimum atomic E-state index is -0.250. The van der Waals surface area contributed by atoms with Crippen LogP contribution in [0.2, 0.25) is 0 Å². The molecule has 6 nitrogen and oxygen atoms in total. The standard InChI is InChI=1S/C17H19N3O3S/c1-9(2)20-17(22)12(7-18-20)16(21)11-5-6-13-15(10(11)3)19-14(24-13)8-23-4/h5-7,9,22H,8H2,1-4H3. The number of methoxy groups -OCH3 is 1. The first-order valence-electron chi connectivity index (χ1n) is 7.63. The number of hydrogen-bond donors (Lipinski definition) is 1. The van der Waals surface area contributed by atoms with E-state index in [0.29, 0.717) is 12.2 Å². The van der Waals surface area contributed by atoms with Gasteiger partial charge in [0, 0.05) is 12.7 Å². The molecule has 1 N–H and O–H groups in total. The van der Waals surface area contributed by atoms with Gasteiger partial charge in [0.05, 0.1) is 29.1 Å². The van der Waals surface area contributed by atoms with Crippen molar-refractivity contribution < 1.29 is 14.6 Å². The van der Waals surface area contributed by atoms with Crippen LogP contribution in [0.15, 0.2) is 18.3 Å². The van der Waals surface area contributed by atoms with Crippen molar-refractivity contribution in [3.8, 4) is 5.88 Å². The Morgan fingerprint density at radius 3 is 2.75 bits per heavy atom. The highest BCUT2D eigenvalue weighted by Gasteiger charge is 2.22. The summed E-state index contributed by atoms with van der Waals surface area (Å²) < 4.78 is 7.57. The molecule has 0 aliphatic heterocycles. The second-order valence-electron chi connectivity index (χ2n) is 5.87. The van der Waals surface area contributed by atoms with E-state index in [1.54, 1.807) is 24.5 Å². The van der Waals surface area contributed by atoms with Crippen LogP contribution in [-0.4, -0.2) is 32.8 Å². The summed E-state index contributed by atoms with van der Waals surface area (Å²) in [5.74, 6) is -0.354. The third kappa shape index (κ3) is 2.70. The predicted octanol–water partition coefficient (Wildman–Crippen LogP) is 3.47. The number of fused-ring (bicyclic) bond motifs is 1. The number of ketones is 1. The Kier molecular flexibility index (Phi) is 4.38. The maximum absolute atomic E-state index is 12.8. The van der Waals surface area contributed by atoms with E-state index in [1.165, 1.54) is 10.9 Å². The Hall–Kier alpha value is -2.25. The average Bonchev–Trinajstić information content (AvgIpc) is 3.11. The highest BCUT2D eigenvalue weighted by atomic mass is 32.1. The Morgan fingerprint density at radius 2 is 2.12 bits per heavy atom. The number of aromatic nitrogens is 3. The van der Waals surface area contributed by atoms with Gasteiger partial charge in [0.1, 0.15) is 10.6 Å². The van der Waals surface area contributed by atoms with Crippen molar-refractivity contribution in [3.05, 3.63) is 40.0 Å². The van der Waals surface area contributed by atoms with E-state index in [4.69, 9.17) is 4.74 Å². The van der Waals surface area contributed by atoms with Gasteiger partial charge in [0.15, 0.2) is 5.78 Å². The van der Waals surface area contributed by atoms with Crippen LogP contribution in [0.3, 0.4) is 0 Å². The van der Waals surface area contributed by atoms with E-state index in [1.807, 2.05) is 26.8 Å². The fraction of sp³-hybridized carbons (Fsp3) is 0.353. The van der Waals surface area contributed by atoms with Crippen LogP contribution in [0, 0.1) is 6.92 Å². The number of aromatic hydroxyl groups is 1. The fourth-order valence-electron chi connectivity index (χ4n) is 2.64. The molecule has 0 amide bonds. The number of ether oxygens (including phenoxy) is 1. The first-order valence-corrected chi connectivity index (χ1v) is 8.44. The van der Waals surface area contributed by atoms with Gasteiger partial charge in [-0.2, -0.15) is 5.10 Å². The van der Waals surface area contributed by atoms with Crippen molar-refractivity contribution in [2.24, 2.45) is 0 Å². The first-order chi connectivity index (χ1) is 11.4. The van der Waals surface area contributed by atoms with Gasteiger partial charge in [-0.05, 0) is 38.5 Å². The molecule has 0 aliphatic carbocycles. The molecular formula is C17H19N3O3S. The zero-order valence-corrected chi connectivity index (χ0v) is 14.8. The number of thiazole rings is 1. The van der Waals surface area contributed by atoms with Gasteiger partial charge >= 0.3 is 0 Å². The normalized spacial score (nSPS) is 11.5. The molecule has 0 saturated carbocycles. The van der Waals surface area contributed by atoms with E-state index in [0.717, 1.165) is 20.8 Å². The molecule has 0 radical (unpaired) electrons. The zero-order chi connectivity index (χ0) is 17.4. The number of aryl methyl sites for hydroxylation is 1. The lowest BCUT2D eigenvalue weighted by atomic mass is 10.00. The van der Waals surface area contributed by atoms with Gasteiger partial charge in [0.25, 0.3) is 0 Å². The SMILES string of the molecule is COCc1nc2c(C)c(C(=O)c3cnn(C(C)C)c3O)ccc2s1. The third-order valence-corrected chi connectivity index (χ3v) is 4.87. The number of hydrogen-bond acceptors (Lipinski definition) is 6. The van der Waals surface area contributed by atoms with Crippen LogP contribution in [0.5, 0.6) is 5.88 Å². The molecule has 7 heteroatoms. The predicted molar refractivity (Wildman–Crippen MR) is 92.8 cm³/mol. The van der Waals surface area contributed by atoms with E-state index in [2.05, 4.69) is 10.1 Å². The third-order valence-electron chi connectivity index (χ3n) is 3.87. The van der Waals surface area contributed by atoms with E-state index >= 15 is 0 Å². The second-order valence-corrected chi connectivity index (χ2v) is 6.99. The minimum Gasteiger partial charge on any atom is -0.493 e. The fourth-order valence-corrected chi connectivity index (χ4v) is 3.64. The summed E-state index contributed by atoms with van der Waals surface area (Å²) in [6.07, 6.45) is 1.42. The number of carbonyl (C=O) groups excluding carboxylic acids is 1. The van der Waals surface area contributed by atoms with Gasteiger partial charge < -0.3 is 9.84 Å². The maximum Gasteiger partial charge on any atom is 0.221 e. The summed E-state index contributed by atoms with van der Waals surface area (Å²) in [5, 5.41) is 15.2. The number of carbonyl (C=O) groups is 1. The molecule has 1 aromatic carbocycles. The van der Waals surface area contributed by atoms with Crippen LogP contribution >= 0.6 is 11.3 Å². The summed E-state index contributed by atoms with van der Waals surface area (Å²) in [6.45, 7) is 6.11. The molecule has 0 unspecified atom stereocenters. The molecule has 126 valence electrons. The monoisotopic (exact) mass is 345 g/mol. The van der Waals surface area contributed by atoms with E-state index in [-0.39, 0.29) is 23.3 Å². The topological polar surface area (TPSA) is 77.2 Å². The quantitative estimate of drug-likeness (QED) is 0.717. The van der Waals surface area contributed by atoms with Gasteiger partial charge in [-0.25, -0.2) is 9.67 Å². The lowest BCUT2D eigenvalue weighted by Gasteiger charge is -2.08. The highest BCUT2D eigenvalue weighted by Crippen LogP contribution is 2.30. The van der Waals surface area contributed by atoms with Crippen LogP contribution in [0.1, 0.15) is 46.4 Å². The van der Waals surface area contributed by atoms with E-state index in [9.17, 15) is 9.90 Å². The summed E-state index contributed by atoms with van der Waals surface area (Å²) in [5.41, 5.74) is 2.33. The minimum absolute atomic E-state index is 0.0229. The molecule has 0 fully saturated rings. The molecule has 0 bridgehead atoms. The van der Waals surface area contributed by atoms with Crippen molar-refractivity contribution in [1.82, 2.24) is 14.8 Å². The van der Waals surface area contributed by atoms with Crippen LogP contribution in [-0.2, 0) is 11.3 Å². The molecule has 2 heterocycles. The van der Waals surface area contributed by atoms with Crippen LogP contribution in [0.25, 0.3) is 10.2 Å². The largest absolute Gasteiger partial charge is 0.493 e. The van der Waals surface area contributed by atoms with Crippen molar-refractivity contribution in [3.63, 3.8) is 0 Å². The van der Waals surface area contributed by atoms with Crippen molar-refractivity contribution in [1.29, 1.82) is 0 Å². The van der Waals surface area contributed by atoms with Gasteiger partial charge in [0.2, 0.25) is 5.88 Å². The molecule has 3 rings (SSSR count). The number of benzene rings is 1. The van der Waals surface area contributed by atoms with Crippen molar-refractivity contribution in [2.45, 2.75) is 33.4 Å². The summed E-state index contributed by atoms with van der Waals surface area (Å²) in [7, 11) is 1.63. The van der Waals surface area contributed by atoms with E-state index < -0.39 is 0 Å². The molecule has 0 saturated heterocycles. The molecule has 0 spiro atoms. The van der Waals surface area contributed by atoms with Crippen LogP contribution in [0.4, 0.5) is 0 Å². The molecule has 0 aliphatic rings. The number of rotatable bonds is 5. The van der Waals surface area contributed by atoms with Crippen molar-refractivity contribution >= 4 is 27.3 Å². The smallest absolute Gasteiger partial charge is 0.221 e. The molecule has 0 atom stereocenters. The van der Waals surface area contributed by atoms with Gasteiger partial charge in [-0.1, -0.05) is 0 Å². The molecule has 2 aromatic heterocycles. The Bertz CT molecular complexity index is 911. The first kappa shape index (κ1) is 16.6. The average molecular weight is 345 g/mol. The molecule has 3 aromatic rings. The lowest BCUT2D eigenvalue weighted by molar-refractivity contribution is 0.103. The molecular weight excluding hydrogens is 326 g/mol. The van der Waals surface area contributed by atoms with Gasteiger partial charge in [-0.15, -0.1) is 11.3 Å². The zero-order valence-electron chi connectivity index (χ0n) is 14.0. The van der Waals surface area contributed by atoms with Gasteiger partial charge in [-0.3, -0.25) is 4.79 Å². The summed E-state index contributed by atoms with van der Waals surface area (Å²) in [4.78, 5) is 17.4. The Balaban J connectivity index is 2.05. The lowest BCUT2D eigenvalue weighted by Crippen LogP contribution is -2.05. The number of nitrogens with zero attached hydrogens (tertiary/aromatic N) is 3. The molecule has 24 heavy (non-hydrogen) atoms. The van der Waals surface area contributed by atoms with Crippen LogP contribution < -0.4 is 0 Å². The highest BCUT2D eigenvalue weighted by molar-refractivity contribution is 7.18. The van der Waals surface area contributed by atoms with Crippen molar-refractivity contribution in [2.75, 3.05) is 7.11 Å². The summed E-state index contributed by atoms with van der Waals surface area (Å²) >= 11 is 1.55. The Morgan fingerprint density at radius 1 is 1.38 bits per heavy atom. The second kappa shape index (κ2) is 6.33. The Labute approximate surface area is 143 Å². The summed E-state index contributed by atoms with van der Waals surface area (Å²) in [6, 6.07) is 3.64.